The smallest absolute Gasteiger partial charge is 0.337 e. The molecule has 2 atom stereocenters. The van der Waals surface area contributed by atoms with E-state index in [2.05, 4.69) is 34.9 Å². The molecule has 3 aromatic rings. The van der Waals surface area contributed by atoms with Crippen LogP contribution in [0.3, 0.4) is 0 Å². The number of carbonyl (C=O) groups excluding carboxylic acids is 2. The summed E-state index contributed by atoms with van der Waals surface area (Å²) in [5, 5.41) is 1.26. The van der Waals surface area contributed by atoms with Gasteiger partial charge >= 0.3 is 5.97 Å². The van der Waals surface area contributed by atoms with E-state index in [-0.39, 0.29) is 11.9 Å². The van der Waals surface area contributed by atoms with Gasteiger partial charge in [0.25, 0.3) is 0 Å². The molecule has 1 aliphatic heterocycles. The molecule has 4 heteroatoms. The minimum absolute atomic E-state index is 0.289. The first-order chi connectivity index (χ1) is 15.7. The topological polar surface area (TPSA) is 48.3 Å². The van der Waals surface area contributed by atoms with Gasteiger partial charge in [0.05, 0.1) is 18.4 Å². The van der Waals surface area contributed by atoms with Crippen molar-refractivity contribution in [2.45, 2.75) is 63.3 Å². The summed E-state index contributed by atoms with van der Waals surface area (Å²) < 4.78 is 7.46. The van der Waals surface area contributed by atoms with Crippen molar-refractivity contribution in [1.29, 1.82) is 0 Å². The lowest BCUT2D eigenvalue weighted by molar-refractivity contribution is -0.117. The normalized spacial score (nSPS) is 22.8. The van der Waals surface area contributed by atoms with Gasteiger partial charge in [0.1, 0.15) is 5.78 Å². The van der Waals surface area contributed by atoms with Crippen molar-refractivity contribution in [2.24, 2.45) is 5.92 Å². The van der Waals surface area contributed by atoms with Crippen molar-refractivity contribution in [3.63, 3.8) is 0 Å². The SMILES string of the molecule is COC(=O)c1ccc2c(C3CCCCC3)c3n(c2c1)CC1CC(=O)CC1c1ccccc1-3. The van der Waals surface area contributed by atoms with Gasteiger partial charge in [-0.25, -0.2) is 4.79 Å². The number of rotatable bonds is 2. The predicted octanol–water partition coefficient (Wildman–Crippen LogP) is 6.22. The number of hydrogen-bond donors (Lipinski definition) is 0. The Labute approximate surface area is 188 Å². The first kappa shape index (κ1) is 19.8. The zero-order valence-corrected chi connectivity index (χ0v) is 18.6. The van der Waals surface area contributed by atoms with E-state index in [0.29, 0.717) is 36.0 Å². The summed E-state index contributed by atoms with van der Waals surface area (Å²) in [6.07, 6.45) is 7.61. The zero-order chi connectivity index (χ0) is 21.8. The number of aromatic nitrogens is 1. The minimum Gasteiger partial charge on any atom is -0.465 e. The Kier molecular flexibility index (Phi) is 4.71. The Morgan fingerprint density at radius 1 is 1.03 bits per heavy atom. The van der Waals surface area contributed by atoms with E-state index in [0.717, 1.165) is 12.1 Å². The van der Waals surface area contributed by atoms with E-state index in [1.165, 1.54) is 67.0 Å². The predicted molar refractivity (Wildman–Crippen MR) is 125 cm³/mol. The number of ketones is 1. The largest absolute Gasteiger partial charge is 0.465 e. The van der Waals surface area contributed by atoms with Crippen LogP contribution < -0.4 is 0 Å². The van der Waals surface area contributed by atoms with Gasteiger partial charge in [-0.1, -0.05) is 49.6 Å². The van der Waals surface area contributed by atoms with Crippen LogP contribution in [0.5, 0.6) is 0 Å². The number of nitrogens with zero attached hydrogens (tertiary/aromatic N) is 1. The van der Waals surface area contributed by atoms with Gasteiger partial charge < -0.3 is 9.30 Å². The Balaban J connectivity index is 1.66. The molecule has 0 radical (unpaired) electrons. The molecular formula is C28H29NO3. The lowest BCUT2D eigenvalue weighted by atomic mass is 9.80. The van der Waals surface area contributed by atoms with Crippen molar-refractivity contribution in [2.75, 3.05) is 7.11 Å². The molecular weight excluding hydrogens is 398 g/mol. The molecule has 2 aliphatic carbocycles. The molecule has 0 spiro atoms. The highest BCUT2D eigenvalue weighted by Crippen LogP contribution is 2.51. The summed E-state index contributed by atoms with van der Waals surface area (Å²) in [5.74, 6) is 1.21. The molecule has 2 fully saturated rings. The number of fused-ring (bicyclic) bond motifs is 7. The lowest BCUT2D eigenvalue weighted by Gasteiger charge is -2.24. The Morgan fingerprint density at radius 3 is 2.66 bits per heavy atom. The quantitative estimate of drug-likeness (QED) is 0.456. The number of esters is 1. The molecule has 0 N–H and O–H groups in total. The highest BCUT2D eigenvalue weighted by atomic mass is 16.5. The minimum atomic E-state index is -0.301. The third-order valence-electron chi connectivity index (χ3n) is 8.08. The van der Waals surface area contributed by atoms with Gasteiger partial charge in [-0.2, -0.15) is 0 Å². The highest BCUT2D eigenvalue weighted by molar-refractivity contribution is 5.99. The second-order valence-electron chi connectivity index (χ2n) is 9.83. The van der Waals surface area contributed by atoms with Gasteiger partial charge in [-0.05, 0) is 53.9 Å². The van der Waals surface area contributed by atoms with Crippen LogP contribution in [0.25, 0.3) is 22.2 Å². The molecule has 0 amide bonds. The summed E-state index contributed by atoms with van der Waals surface area (Å²) in [6, 6.07) is 14.8. The van der Waals surface area contributed by atoms with Crippen LogP contribution in [-0.4, -0.2) is 23.4 Å². The van der Waals surface area contributed by atoms with Crippen molar-refractivity contribution < 1.29 is 14.3 Å². The van der Waals surface area contributed by atoms with Crippen LogP contribution in [-0.2, 0) is 16.1 Å². The van der Waals surface area contributed by atoms with E-state index in [1.807, 2.05) is 12.1 Å². The molecule has 2 saturated carbocycles. The third-order valence-corrected chi connectivity index (χ3v) is 8.08. The molecule has 6 rings (SSSR count). The number of methoxy groups -OCH3 is 1. The van der Waals surface area contributed by atoms with Crippen molar-refractivity contribution >= 4 is 22.7 Å². The zero-order valence-electron chi connectivity index (χ0n) is 18.6. The lowest BCUT2D eigenvalue weighted by Crippen LogP contribution is -2.12. The summed E-state index contributed by atoms with van der Waals surface area (Å²) in [7, 11) is 1.43. The van der Waals surface area contributed by atoms with Crippen molar-refractivity contribution in [3.05, 3.63) is 59.2 Å². The average Bonchev–Trinajstić information content (AvgIpc) is 3.32. The van der Waals surface area contributed by atoms with Gasteiger partial charge in [0, 0.05) is 35.9 Å². The fourth-order valence-corrected chi connectivity index (χ4v) is 6.66. The summed E-state index contributed by atoms with van der Waals surface area (Å²) in [5.41, 5.74) is 7.09. The Morgan fingerprint density at radius 2 is 1.84 bits per heavy atom. The fourth-order valence-electron chi connectivity index (χ4n) is 6.66. The maximum absolute atomic E-state index is 12.5. The van der Waals surface area contributed by atoms with E-state index in [1.54, 1.807) is 0 Å². The fraction of sp³-hybridized carbons (Fsp3) is 0.429. The monoisotopic (exact) mass is 427 g/mol. The Bertz CT molecular complexity index is 1230. The van der Waals surface area contributed by atoms with E-state index >= 15 is 0 Å². The average molecular weight is 428 g/mol. The summed E-state index contributed by atoms with van der Waals surface area (Å²) >= 11 is 0. The van der Waals surface area contributed by atoms with Crippen molar-refractivity contribution in [1.82, 2.24) is 4.57 Å². The third kappa shape index (κ3) is 2.96. The molecule has 0 bridgehead atoms. The second kappa shape index (κ2) is 7.61. The molecule has 0 saturated heterocycles. The molecule has 1 aromatic heterocycles. The molecule has 32 heavy (non-hydrogen) atoms. The van der Waals surface area contributed by atoms with Crippen LogP contribution >= 0.6 is 0 Å². The molecule has 4 nitrogen and oxygen atoms in total. The van der Waals surface area contributed by atoms with E-state index in [9.17, 15) is 9.59 Å². The number of carbonyl (C=O) groups is 2. The number of ether oxygens (including phenoxy) is 1. The molecule has 2 unspecified atom stereocenters. The van der Waals surface area contributed by atoms with Gasteiger partial charge in [-0.3, -0.25) is 4.79 Å². The number of hydrogen-bond acceptors (Lipinski definition) is 3. The van der Waals surface area contributed by atoms with Gasteiger partial charge in [0.2, 0.25) is 0 Å². The number of benzene rings is 2. The highest BCUT2D eigenvalue weighted by Gasteiger charge is 2.40. The first-order valence-corrected chi connectivity index (χ1v) is 12.0. The molecule has 2 aromatic carbocycles. The van der Waals surface area contributed by atoms with Crippen LogP contribution in [0, 0.1) is 5.92 Å². The van der Waals surface area contributed by atoms with Gasteiger partial charge in [0.15, 0.2) is 0 Å². The van der Waals surface area contributed by atoms with E-state index < -0.39 is 0 Å². The molecule has 2 heterocycles. The van der Waals surface area contributed by atoms with Gasteiger partial charge in [-0.15, -0.1) is 0 Å². The summed E-state index contributed by atoms with van der Waals surface area (Å²) in [4.78, 5) is 24.8. The number of Topliss-reactive ketones (excluding diaryl/α,β-unsaturated/α-hetero) is 1. The molecule has 3 aliphatic rings. The maximum Gasteiger partial charge on any atom is 0.337 e. The second-order valence-corrected chi connectivity index (χ2v) is 9.83. The maximum atomic E-state index is 12.5. The van der Waals surface area contributed by atoms with Crippen LogP contribution in [0.4, 0.5) is 0 Å². The molecule has 164 valence electrons. The van der Waals surface area contributed by atoms with Crippen LogP contribution in [0.2, 0.25) is 0 Å². The summed E-state index contributed by atoms with van der Waals surface area (Å²) in [6.45, 7) is 0.828. The van der Waals surface area contributed by atoms with Crippen molar-refractivity contribution in [3.8, 4) is 11.3 Å². The van der Waals surface area contributed by atoms with Crippen LogP contribution in [0.1, 0.15) is 78.3 Å². The van der Waals surface area contributed by atoms with Crippen LogP contribution in [0.15, 0.2) is 42.5 Å². The standard InChI is InChI=1S/C28H29NO3/c1-32-28(31)18-11-12-23-25(14-18)29-16-19-13-20(30)15-24(19)21-9-5-6-10-22(21)27(29)26(23)17-7-3-2-4-8-17/h5-6,9-12,14,17,19,24H,2-4,7-8,13,15-16H2,1H3. The first-order valence-electron chi connectivity index (χ1n) is 12.0. The Hall–Kier alpha value is -2.88. The van der Waals surface area contributed by atoms with E-state index in [4.69, 9.17) is 4.74 Å².